The predicted molar refractivity (Wildman–Crippen MR) is 70.2 cm³/mol. The van der Waals surface area contributed by atoms with Gasteiger partial charge < -0.3 is 5.32 Å². The lowest BCUT2D eigenvalue weighted by molar-refractivity contribution is 1.15. The highest BCUT2D eigenvalue weighted by Crippen LogP contribution is 2.22. The van der Waals surface area contributed by atoms with Crippen molar-refractivity contribution < 1.29 is 0 Å². The summed E-state index contributed by atoms with van der Waals surface area (Å²) in [5, 5.41) is 4.49. The third-order valence-corrected chi connectivity index (χ3v) is 2.99. The molecule has 0 bridgehead atoms. The van der Waals surface area contributed by atoms with Gasteiger partial charge in [-0.3, -0.25) is 0 Å². The molecule has 0 atom stereocenters. The first-order valence-electron chi connectivity index (χ1n) is 4.98. The number of benzene rings is 2. The molecule has 0 radical (unpaired) electrons. The smallest absolute Gasteiger partial charge is 0.0595 e. The van der Waals surface area contributed by atoms with E-state index in [4.69, 9.17) is 23.2 Å². The van der Waals surface area contributed by atoms with Crippen LogP contribution in [0, 0.1) is 0 Å². The molecule has 0 spiro atoms. The van der Waals surface area contributed by atoms with Crippen LogP contribution in [-0.4, -0.2) is 0 Å². The first-order chi connectivity index (χ1) is 7.75. The molecule has 0 aliphatic carbocycles. The Morgan fingerprint density at radius 2 is 1.62 bits per heavy atom. The fraction of sp³-hybridized carbons (Fsp3) is 0.0769. The topological polar surface area (TPSA) is 12.0 Å². The van der Waals surface area contributed by atoms with E-state index in [1.807, 2.05) is 48.5 Å². The Balaban J connectivity index is 2.03. The van der Waals surface area contributed by atoms with Gasteiger partial charge in [0.25, 0.3) is 0 Å². The monoisotopic (exact) mass is 251 g/mol. The molecule has 0 aliphatic heterocycles. The molecule has 82 valence electrons. The maximum Gasteiger partial charge on any atom is 0.0595 e. The Hall–Kier alpha value is -1.18. The summed E-state index contributed by atoms with van der Waals surface area (Å²) < 4.78 is 0. The van der Waals surface area contributed by atoms with Crippen LogP contribution in [0.4, 0.5) is 5.69 Å². The standard InChI is InChI=1S/C13H11Cl2N/c14-12-7-6-10(8-13(12)15)9-16-11-4-2-1-3-5-11/h1-8,16H,9H2. The van der Waals surface area contributed by atoms with Gasteiger partial charge >= 0.3 is 0 Å². The molecule has 1 N–H and O–H groups in total. The second-order valence-electron chi connectivity index (χ2n) is 3.47. The van der Waals surface area contributed by atoms with E-state index in [-0.39, 0.29) is 0 Å². The van der Waals surface area contributed by atoms with Crippen molar-refractivity contribution in [1.29, 1.82) is 0 Å². The zero-order valence-corrected chi connectivity index (χ0v) is 10.1. The average molecular weight is 252 g/mol. The molecule has 0 heterocycles. The lowest BCUT2D eigenvalue weighted by Crippen LogP contribution is -1.98. The summed E-state index contributed by atoms with van der Waals surface area (Å²) in [5.74, 6) is 0. The van der Waals surface area contributed by atoms with Crippen LogP contribution in [0.2, 0.25) is 10.0 Å². The lowest BCUT2D eigenvalue weighted by Gasteiger charge is -2.07. The summed E-state index contributed by atoms with van der Waals surface area (Å²) in [5.41, 5.74) is 2.20. The number of nitrogens with one attached hydrogen (secondary N) is 1. The summed E-state index contributed by atoms with van der Waals surface area (Å²) in [6.07, 6.45) is 0. The van der Waals surface area contributed by atoms with Crippen LogP contribution in [0.5, 0.6) is 0 Å². The number of halogens is 2. The van der Waals surface area contributed by atoms with E-state index in [2.05, 4.69) is 5.32 Å². The van der Waals surface area contributed by atoms with Crippen LogP contribution in [0.15, 0.2) is 48.5 Å². The second-order valence-corrected chi connectivity index (χ2v) is 4.28. The number of para-hydroxylation sites is 1. The highest BCUT2D eigenvalue weighted by Gasteiger charge is 1.99. The van der Waals surface area contributed by atoms with Crippen LogP contribution in [0.1, 0.15) is 5.56 Å². The maximum absolute atomic E-state index is 5.94. The third-order valence-electron chi connectivity index (χ3n) is 2.25. The number of anilines is 1. The lowest BCUT2D eigenvalue weighted by atomic mass is 10.2. The minimum atomic E-state index is 0.588. The summed E-state index contributed by atoms with van der Waals surface area (Å²) in [4.78, 5) is 0. The van der Waals surface area contributed by atoms with Gasteiger partial charge in [0, 0.05) is 12.2 Å². The van der Waals surface area contributed by atoms with Crippen LogP contribution < -0.4 is 5.32 Å². The molecule has 0 saturated heterocycles. The molecule has 0 saturated carbocycles. The van der Waals surface area contributed by atoms with E-state index in [0.29, 0.717) is 10.0 Å². The summed E-state index contributed by atoms with van der Waals surface area (Å²) in [6.45, 7) is 0.737. The van der Waals surface area contributed by atoms with Gasteiger partial charge in [-0.05, 0) is 29.8 Å². The van der Waals surface area contributed by atoms with Gasteiger partial charge in [-0.2, -0.15) is 0 Å². The number of rotatable bonds is 3. The van der Waals surface area contributed by atoms with Crippen molar-refractivity contribution in [3.8, 4) is 0 Å². The van der Waals surface area contributed by atoms with Gasteiger partial charge in [-0.15, -0.1) is 0 Å². The summed E-state index contributed by atoms with van der Waals surface area (Å²) in [7, 11) is 0. The van der Waals surface area contributed by atoms with Crippen molar-refractivity contribution in [3.05, 3.63) is 64.1 Å². The van der Waals surface area contributed by atoms with Gasteiger partial charge in [0.15, 0.2) is 0 Å². The minimum absolute atomic E-state index is 0.588. The predicted octanol–water partition coefficient (Wildman–Crippen LogP) is 4.61. The van der Waals surface area contributed by atoms with Gasteiger partial charge in [0.2, 0.25) is 0 Å². The normalized spacial score (nSPS) is 10.1. The quantitative estimate of drug-likeness (QED) is 0.841. The fourth-order valence-electron chi connectivity index (χ4n) is 1.41. The molecule has 0 fully saturated rings. The van der Waals surface area contributed by atoms with E-state index in [1.165, 1.54) is 0 Å². The van der Waals surface area contributed by atoms with Crippen molar-refractivity contribution in [2.24, 2.45) is 0 Å². The van der Waals surface area contributed by atoms with Crippen molar-refractivity contribution in [2.75, 3.05) is 5.32 Å². The Bertz CT molecular complexity index is 469. The van der Waals surface area contributed by atoms with Gasteiger partial charge in [-0.25, -0.2) is 0 Å². The number of hydrogen-bond donors (Lipinski definition) is 1. The van der Waals surface area contributed by atoms with E-state index < -0.39 is 0 Å². The van der Waals surface area contributed by atoms with Crippen LogP contribution in [0.25, 0.3) is 0 Å². The molecule has 2 aromatic carbocycles. The van der Waals surface area contributed by atoms with Crippen molar-refractivity contribution in [3.63, 3.8) is 0 Å². The van der Waals surface area contributed by atoms with E-state index in [1.54, 1.807) is 0 Å². The van der Waals surface area contributed by atoms with Gasteiger partial charge in [0.05, 0.1) is 10.0 Å². The van der Waals surface area contributed by atoms with Gasteiger partial charge in [0.1, 0.15) is 0 Å². The Kier molecular flexibility index (Phi) is 3.70. The fourth-order valence-corrected chi connectivity index (χ4v) is 1.73. The molecular formula is C13H11Cl2N. The van der Waals surface area contributed by atoms with Crippen LogP contribution in [0.3, 0.4) is 0 Å². The first-order valence-corrected chi connectivity index (χ1v) is 5.74. The molecule has 2 aromatic rings. The van der Waals surface area contributed by atoms with E-state index >= 15 is 0 Å². The molecule has 16 heavy (non-hydrogen) atoms. The van der Waals surface area contributed by atoms with Crippen LogP contribution >= 0.6 is 23.2 Å². The zero-order chi connectivity index (χ0) is 11.4. The van der Waals surface area contributed by atoms with E-state index in [9.17, 15) is 0 Å². The van der Waals surface area contributed by atoms with Crippen molar-refractivity contribution in [1.82, 2.24) is 0 Å². The highest BCUT2D eigenvalue weighted by molar-refractivity contribution is 6.42. The SMILES string of the molecule is Clc1ccc(CNc2ccccc2)cc1Cl. The first kappa shape index (κ1) is 11.3. The maximum atomic E-state index is 5.94. The number of hydrogen-bond acceptors (Lipinski definition) is 1. The molecule has 0 unspecified atom stereocenters. The average Bonchev–Trinajstić information content (AvgIpc) is 2.32. The summed E-state index contributed by atoms with van der Waals surface area (Å²) >= 11 is 11.8. The van der Waals surface area contributed by atoms with E-state index in [0.717, 1.165) is 17.8 Å². The molecule has 0 aliphatic rings. The molecule has 0 amide bonds. The Labute approximate surface area is 105 Å². The Morgan fingerprint density at radius 1 is 0.875 bits per heavy atom. The molecule has 2 rings (SSSR count). The third kappa shape index (κ3) is 2.91. The Morgan fingerprint density at radius 3 is 2.31 bits per heavy atom. The summed E-state index contributed by atoms with van der Waals surface area (Å²) in [6, 6.07) is 15.7. The molecule has 0 aromatic heterocycles. The minimum Gasteiger partial charge on any atom is -0.381 e. The van der Waals surface area contributed by atoms with Crippen molar-refractivity contribution in [2.45, 2.75) is 6.54 Å². The largest absolute Gasteiger partial charge is 0.381 e. The molecule has 3 heteroatoms. The molecule has 1 nitrogen and oxygen atoms in total. The zero-order valence-electron chi connectivity index (χ0n) is 8.58. The second kappa shape index (κ2) is 5.24. The van der Waals surface area contributed by atoms with Gasteiger partial charge in [-0.1, -0.05) is 47.5 Å². The van der Waals surface area contributed by atoms with Crippen LogP contribution in [-0.2, 0) is 6.54 Å². The highest BCUT2D eigenvalue weighted by atomic mass is 35.5. The molecular weight excluding hydrogens is 241 g/mol. The van der Waals surface area contributed by atoms with Crippen molar-refractivity contribution >= 4 is 28.9 Å².